The summed E-state index contributed by atoms with van der Waals surface area (Å²) < 4.78 is 33.5. The Kier molecular flexibility index (Phi) is 8.03. The van der Waals surface area contributed by atoms with Crippen molar-refractivity contribution < 1.29 is 17.9 Å². The number of carbonyl (C=O) groups excluding carboxylic acids is 1. The minimum Gasteiger partial charge on any atom is -0.373 e. The maximum absolute atomic E-state index is 13.2. The van der Waals surface area contributed by atoms with Crippen molar-refractivity contribution in [1.82, 2.24) is 14.5 Å². The molecule has 3 unspecified atom stereocenters. The SMILES string of the molecule is CC1CN(Cc2ccc(CNC(=O)C3CCCCN3S(=O)(=O)c3ccccc3)cc2)CC(C)O1. The highest BCUT2D eigenvalue weighted by molar-refractivity contribution is 7.89. The van der Waals surface area contributed by atoms with E-state index in [0.717, 1.165) is 38.0 Å². The maximum Gasteiger partial charge on any atom is 0.243 e. The first kappa shape index (κ1) is 24.9. The van der Waals surface area contributed by atoms with Crippen LogP contribution in [0.25, 0.3) is 0 Å². The van der Waals surface area contributed by atoms with Gasteiger partial charge in [-0.05, 0) is 49.9 Å². The Bertz CT molecular complexity index is 1050. The highest BCUT2D eigenvalue weighted by atomic mass is 32.2. The van der Waals surface area contributed by atoms with Crippen molar-refractivity contribution in [3.8, 4) is 0 Å². The van der Waals surface area contributed by atoms with Gasteiger partial charge in [0.2, 0.25) is 15.9 Å². The molecule has 3 atom stereocenters. The summed E-state index contributed by atoms with van der Waals surface area (Å²) in [5.74, 6) is -0.237. The van der Waals surface area contributed by atoms with Gasteiger partial charge in [-0.2, -0.15) is 4.31 Å². The number of carbonyl (C=O) groups is 1. The molecule has 2 aromatic carbocycles. The Morgan fingerprint density at radius 3 is 2.29 bits per heavy atom. The molecule has 184 valence electrons. The number of morpholine rings is 1. The third kappa shape index (κ3) is 6.05. The van der Waals surface area contributed by atoms with Crippen LogP contribution >= 0.6 is 0 Å². The van der Waals surface area contributed by atoms with Gasteiger partial charge < -0.3 is 10.1 Å². The van der Waals surface area contributed by atoms with Crippen LogP contribution in [0.2, 0.25) is 0 Å². The van der Waals surface area contributed by atoms with Crippen LogP contribution in [0.5, 0.6) is 0 Å². The molecular formula is C26H35N3O4S. The number of piperidine rings is 1. The molecule has 2 fully saturated rings. The lowest BCUT2D eigenvalue weighted by Gasteiger charge is -2.35. The largest absolute Gasteiger partial charge is 0.373 e. The molecule has 2 saturated heterocycles. The molecule has 0 radical (unpaired) electrons. The number of nitrogens with one attached hydrogen (secondary N) is 1. The standard InChI is InChI=1S/C26H35N3O4S/c1-20-17-28(18-21(2)33-20)19-23-13-11-22(12-14-23)16-27-26(30)25-10-6-7-15-29(25)34(31,32)24-8-4-3-5-9-24/h3-5,8-9,11-14,20-21,25H,6-7,10,15-19H2,1-2H3,(H,27,30). The van der Waals surface area contributed by atoms with Gasteiger partial charge in [0.1, 0.15) is 6.04 Å². The molecule has 34 heavy (non-hydrogen) atoms. The first-order valence-electron chi connectivity index (χ1n) is 12.1. The molecule has 7 nitrogen and oxygen atoms in total. The number of benzene rings is 2. The van der Waals surface area contributed by atoms with Crippen LogP contribution in [0.4, 0.5) is 0 Å². The van der Waals surface area contributed by atoms with Gasteiger partial charge in [-0.3, -0.25) is 9.69 Å². The summed E-state index contributed by atoms with van der Waals surface area (Å²) in [6, 6.07) is 15.9. The number of rotatable bonds is 7. The van der Waals surface area contributed by atoms with E-state index in [4.69, 9.17) is 4.74 Å². The summed E-state index contributed by atoms with van der Waals surface area (Å²) >= 11 is 0. The van der Waals surface area contributed by atoms with Gasteiger partial charge in [-0.15, -0.1) is 0 Å². The molecule has 1 N–H and O–H groups in total. The Labute approximate surface area is 203 Å². The fourth-order valence-electron chi connectivity index (χ4n) is 4.92. The number of nitrogens with zero attached hydrogens (tertiary/aromatic N) is 2. The van der Waals surface area contributed by atoms with Crippen molar-refractivity contribution in [3.05, 3.63) is 65.7 Å². The second-order valence-electron chi connectivity index (χ2n) is 9.43. The van der Waals surface area contributed by atoms with Crippen molar-refractivity contribution in [3.63, 3.8) is 0 Å². The lowest BCUT2D eigenvalue weighted by molar-refractivity contribution is -0.125. The van der Waals surface area contributed by atoms with E-state index in [-0.39, 0.29) is 23.0 Å². The van der Waals surface area contributed by atoms with Crippen molar-refractivity contribution in [2.45, 2.75) is 69.3 Å². The van der Waals surface area contributed by atoms with Gasteiger partial charge in [-0.1, -0.05) is 48.9 Å². The predicted molar refractivity (Wildman–Crippen MR) is 132 cm³/mol. The van der Waals surface area contributed by atoms with Gasteiger partial charge >= 0.3 is 0 Å². The van der Waals surface area contributed by atoms with E-state index in [1.807, 2.05) is 12.1 Å². The number of hydrogen-bond donors (Lipinski definition) is 1. The number of hydrogen-bond acceptors (Lipinski definition) is 5. The van der Waals surface area contributed by atoms with E-state index in [1.165, 1.54) is 9.87 Å². The predicted octanol–water partition coefficient (Wildman–Crippen LogP) is 3.16. The molecule has 0 bridgehead atoms. The minimum atomic E-state index is -3.71. The van der Waals surface area contributed by atoms with Crippen LogP contribution < -0.4 is 5.32 Å². The molecule has 1 amide bonds. The molecule has 0 aliphatic carbocycles. The first-order chi connectivity index (χ1) is 16.3. The Morgan fingerprint density at radius 1 is 0.971 bits per heavy atom. The van der Waals surface area contributed by atoms with Crippen LogP contribution in [0.15, 0.2) is 59.5 Å². The molecule has 8 heteroatoms. The molecule has 2 aliphatic heterocycles. The van der Waals surface area contributed by atoms with E-state index < -0.39 is 16.1 Å². The zero-order valence-corrected chi connectivity index (χ0v) is 20.8. The summed E-state index contributed by atoms with van der Waals surface area (Å²) in [6.07, 6.45) is 2.61. The third-order valence-corrected chi connectivity index (χ3v) is 8.42. The summed E-state index contributed by atoms with van der Waals surface area (Å²) in [7, 11) is -3.71. The summed E-state index contributed by atoms with van der Waals surface area (Å²) in [5.41, 5.74) is 2.22. The van der Waals surface area contributed by atoms with Crippen molar-refractivity contribution >= 4 is 15.9 Å². The lowest BCUT2D eigenvalue weighted by atomic mass is 10.0. The second kappa shape index (κ2) is 11.0. The zero-order chi connectivity index (χ0) is 24.1. The van der Waals surface area contributed by atoms with Crippen LogP contribution in [0.1, 0.15) is 44.2 Å². The van der Waals surface area contributed by atoms with Crippen molar-refractivity contribution in [2.75, 3.05) is 19.6 Å². The highest BCUT2D eigenvalue weighted by Crippen LogP contribution is 2.25. The van der Waals surface area contributed by atoms with Crippen LogP contribution in [-0.4, -0.2) is 61.4 Å². The summed E-state index contributed by atoms with van der Waals surface area (Å²) in [5, 5.41) is 2.96. The van der Waals surface area contributed by atoms with Gasteiger partial charge in [0.05, 0.1) is 17.1 Å². The lowest BCUT2D eigenvalue weighted by Crippen LogP contribution is -2.51. The second-order valence-corrected chi connectivity index (χ2v) is 11.3. The zero-order valence-electron chi connectivity index (χ0n) is 20.0. The van der Waals surface area contributed by atoms with Crippen molar-refractivity contribution in [1.29, 1.82) is 0 Å². The number of amides is 1. The third-order valence-electron chi connectivity index (χ3n) is 6.50. The molecular weight excluding hydrogens is 450 g/mol. The molecule has 0 aromatic heterocycles. The highest BCUT2D eigenvalue weighted by Gasteiger charge is 2.37. The van der Waals surface area contributed by atoms with Crippen molar-refractivity contribution in [2.24, 2.45) is 0 Å². The van der Waals surface area contributed by atoms with Gasteiger partial charge in [0.15, 0.2) is 0 Å². The molecule has 0 spiro atoms. The topological polar surface area (TPSA) is 79.0 Å². The van der Waals surface area contributed by atoms with Crippen LogP contribution in [0, 0.1) is 0 Å². The molecule has 2 aliphatic rings. The monoisotopic (exact) mass is 485 g/mol. The van der Waals surface area contributed by atoms with Crippen LogP contribution in [-0.2, 0) is 32.6 Å². The molecule has 2 heterocycles. The minimum absolute atomic E-state index is 0.231. The van der Waals surface area contributed by atoms with E-state index >= 15 is 0 Å². The molecule has 4 rings (SSSR count). The van der Waals surface area contributed by atoms with E-state index in [2.05, 4.69) is 36.2 Å². The Hall–Kier alpha value is -2.26. The summed E-state index contributed by atoms with van der Waals surface area (Å²) in [6.45, 7) is 7.67. The van der Waals surface area contributed by atoms with E-state index in [1.54, 1.807) is 30.3 Å². The summed E-state index contributed by atoms with van der Waals surface area (Å²) in [4.78, 5) is 15.6. The average molecular weight is 486 g/mol. The fourth-order valence-corrected chi connectivity index (χ4v) is 6.60. The fraction of sp³-hybridized carbons (Fsp3) is 0.500. The number of ether oxygens (including phenoxy) is 1. The van der Waals surface area contributed by atoms with E-state index in [9.17, 15) is 13.2 Å². The smallest absolute Gasteiger partial charge is 0.243 e. The van der Waals surface area contributed by atoms with Gasteiger partial charge in [0.25, 0.3) is 0 Å². The van der Waals surface area contributed by atoms with Crippen LogP contribution in [0.3, 0.4) is 0 Å². The van der Waals surface area contributed by atoms with E-state index in [0.29, 0.717) is 19.5 Å². The molecule has 0 saturated carbocycles. The Morgan fingerprint density at radius 2 is 1.62 bits per heavy atom. The maximum atomic E-state index is 13.2. The average Bonchev–Trinajstić information content (AvgIpc) is 2.83. The first-order valence-corrected chi connectivity index (χ1v) is 13.6. The number of sulfonamides is 1. The normalized spacial score (nSPS) is 24.6. The van der Waals surface area contributed by atoms with Gasteiger partial charge in [-0.25, -0.2) is 8.42 Å². The van der Waals surface area contributed by atoms with Gasteiger partial charge in [0, 0.05) is 32.7 Å². The molecule has 2 aromatic rings. The quantitative estimate of drug-likeness (QED) is 0.652. The Balaban J connectivity index is 1.35.